The van der Waals surface area contributed by atoms with Gasteiger partial charge in [0.05, 0.1) is 11.1 Å². The molecule has 0 aliphatic rings. The molecule has 0 saturated heterocycles. The van der Waals surface area contributed by atoms with E-state index in [1.54, 1.807) is 24.0 Å². The molecular formula is C30H33NO2S. The van der Waals surface area contributed by atoms with Crippen LogP contribution in [-0.2, 0) is 5.41 Å². The third-order valence-electron chi connectivity index (χ3n) is 6.10. The average Bonchev–Trinajstić information content (AvgIpc) is 3.16. The predicted molar refractivity (Wildman–Crippen MR) is 146 cm³/mol. The highest BCUT2D eigenvalue weighted by molar-refractivity contribution is 8.02. The summed E-state index contributed by atoms with van der Waals surface area (Å²) in [5.41, 5.74) is 6.60. The molecule has 0 radical (unpaired) electrons. The van der Waals surface area contributed by atoms with Crippen LogP contribution in [0.25, 0.3) is 38.8 Å². The number of thioether (sulfide) groups is 1. The van der Waals surface area contributed by atoms with Crippen LogP contribution in [0.15, 0.2) is 70.0 Å². The second-order valence-electron chi connectivity index (χ2n) is 10.1. The SMILES string of the molecule is C=CSc1ccc(-c2nccc3oc4ccc(O)c(/C(=C/C)CC(C)C)c4c23)cc1C(C)(C)C. The molecule has 4 heteroatoms. The molecule has 0 amide bonds. The summed E-state index contributed by atoms with van der Waals surface area (Å²) in [4.78, 5) is 6.02. The number of allylic oxidation sites excluding steroid dienone is 2. The lowest BCUT2D eigenvalue weighted by molar-refractivity contribution is 0.473. The van der Waals surface area contributed by atoms with Crippen LogP contribution >= 0.6 is 11.8 Å². The Hall–Kier alpha value is -2.98. The number of rotatable bonds is 6. The summed E-state index contributed by atoms with van der Waals surface area (Å²) < 4.78 is 6.27. The van der Waals surface area contributed by atoms with Crippen LogP contribution in [0.2, 0.25) is 0 Å². The summed E-state index contributed by atoms with van der Waals surface area (Å²) in [5, 5.41) is 14.7. The lowest BCUT2D eigenvalue weighted by atomic mass is 9.85. The summed E-state index contributed by atoms with van der Waals surface area (Å²) in [6, 6.07) is 12.0. The summed E-state index contributed by atoms with van der Waals surface area (Å²) in [5.74, 6) is 0.729. The van der Waals surface area contributed by atoms with E-state index in [1.165, 1.54) is 10.5 Å². The molecule has 0 aliphatic heterocycles. The minimum absolute atomic E-state index is 0.0352. The van der Waals surface area contributed by atoms with Crippen molar-refractivity contribution in [3.05, 3.63) is 71.8 Å². The van der Waals surface area contributed by atoms with E-state index in [9.17, 15) is 5.11 Å². The van der Waals surface area contributed by atoms with Gasteiger partial charge in [-0.15, -0.1) is 0 Å². The van der Waals surface area contributed by atoms with Crippen LogP contribution in [0.3, 0.4) is 0 Å². The van der Waals surface area contributed by atoms with Gasteiger partial charge in [-0.3, -0.25) is 4.98 Å². The molecule has 2 heterocycles. The maximum atomic E-state index is 11.0. The number of fused-ring (bicyclic) bond motifs is 3. The Morgan fingerprint density at radius 2 is 1.85 bits per heavy atom. The highest BCUT2D eigenvalue weighted by atomic mass is 32.2. The van der Waals surface area contributed by atoms with Crippen molar-refractivity contribution >= 4 is 39.3 Å². The fraction of sp³-hybridized carbons (Fsp3) is 0.300. The molecule has 2 aromatic carbocycles. The normalized spacial score (nSPS) is 12.7. The smallest absolute Gasteiger partial charge is 0.139 e. The number of hydrogen-bond acceptors (Lipinski definition) is 4. The molecule has 0 aliphatic carbocycles. The Kier molecular flexibility index (Phi) is 6.64. The van der Waals surface area contributed by atoms with Crippen molar-refractivity contribution in [2.24, 2.45) is 5.92 Å². The summed E-state index contributed by atoms with van der Waals surface area (Å²) in [6.45, 7) is 17.0. The first-order valence-electron chi connectivity index (χ1n) is 11.8. The van der Waals surface area contributed by atoms with Crippen LogP contribution in [0.5, 0.6) is 5.75 Å². The molecule has 4 aromatic rings. The Morgan fingerprint density at radius 3 is 2.50 bits per heavy atom. The Bertz CT molecular complexity index is 1400. The first-order valence-corrected chi connectivity index (χ1v) is 12.6. The van der Waals surface area contributed by atoms with Crippen molar-refractivity contribution in [3.63, 3.8) is 0 Å². The Labute approximate surface area is 206 Å². The van der Waals surface area contributed by atoms with Crippen LogP contribution in [-0.4, -0.2) is 10.1 Å². The highest BCUT2D eigenvalue weighted by Gasteiger charge is 2.23. The van der Waals surface area contributed by atoms with Crippen molar-refractivity contribution in [2.75, 3.05) is 0 Å². The van der Waals surface area contributed by atoms with E-state index in [2.05, 4.69) is 65.5 Å². The fourth-order valence-electron chi connectivity index (χ4n) is 4.60. The minimum Gasteiger partial charge on any atom is -0.507 e. The largest absolute Gasteiger partial charge is 0.507 e. The molecule has 176 valence electrons. The maximum Gasteiger partial charge on any atom is 0.139 e. The standard InChI is InChI=1S/C30H33NO2S/c1-8-19(16-18(3)4)26-22(32)11-12-23-27(26)28-24(33-23)14-15-31-29(28)20-10-13-25(34-9-2)21(17-20)30(5,6)7/h8-15,17-18,32H,2,16H2,1,3-7H3/b19-8+. The van der Waals surface area contributed by atoms with Gasteiger partial charge >= 0.3 is 0 Å². The van der Waals surface area contributed by atoms with E-state index < -0.39 is 0 Å². The number of phenolic OH excluding ortho intramolecular Hbond substituents is 1. The predicted octanol–water partition coefficient (Wildman–Crippen LogP) is 9.34. The van der Waals surface area contributed by atoms with Gasteiger partial charge in [-0.1, -0.05) is 65.1 Å². The second-order valence-corrected chi connectivity index (χ2v) is 11.1. The summed E-state index contributed by atoms with van der Waals surface area (Å²) in [6.07, 6.45) is 4.77. The third-order valence-corrected chi connectivity index (χ3v) is 6.87. The van der Waals surface area contributed by atoms with Crippen LogP contribution in [0.4, 0.5) is 0 Å². The lowest BCUT2D eigenvalue weighted by Gasteiger charge is -2.23. The van der Waals surface area contributed by atoms with Crippen molar-refractivity contribution in [1.29, 1.82) is 0 Å². The molecule has 0 saturated carbocycles. The molecule has 0 spiro atoms. The van der Waals surface area contributed by atoms with Crippen LogP contribution < -0.4 is 0 Å². The van der Waals surface area contributed by atoms with Gasteiger partial charge in [-0.25, -0.2) is 0 Å². The lowest BCUT2D eigenvalue weighted by Crippen LogP contribution is -2.12. The molecule has 4 rings (SSSR count). The van der Waals surface area contributed by atoms with Gasteiger partial charge in [0.1, 0.15) is 16.9 Å². The van der Waals surface area contributed by atoms with Crippen molar-refractivity contribution in [2.45, 2.75) is 58.3 Å². The number of hydrogen-bond donors (Lipinski definition) is 1. The minimum atomic E-state index is -0.0352. The quantitative estimate of drug-likeness (QED) is 0.285. The van der Waals surface area contributed by atoms with Crippen LogP contribution in [0, 0.1) is 5.92 Å². The van der Waals surface area contributed by atoms with Gasteiger partial charge in [0, 0.05) is 27.6 Å². The van der Waals surface area contributed by atoms with Gasteiger partial charge in [-0.05, 0) is 71.6 Å². The molecule has 0 fully saturated rings. The Morgan fingerprint density at radius 1 is 1.12 bits per heavy atom. The van der Waals surface area contributed by atoms with Crippen molar-refractivity contribution in [1.82, 2.24) is 4.98 Å². The summed E-state index contributed by atoms with van der Waals surface area (Å²) in [7, 11) is 0. The second kappa shape index (κ2) is 9.34. The van der Waals surface area contributed by atoms with Gasteiger partial charge in [0.15, 0.2) is 0 Å². The van der Waals surface area contributed by atoms with Gasteiger partial charge in [0.25, 0.3) is 0 Å². The van der Waals surface area contributed by atoms with Gasteiger partial charge in [0.2, 0.25) is 0 Å². The number of furan rings is 1. The van der Waals surface area contributed by atoms with Crippen molar-refractivity contribution < 1.29 is 9.52 Å². The molecular weight excluding hydrogens is 438 g/mol. The maximum absolute atomic E-state index is 11.0. The van der Waals surface area contributed by atoms with E-state index in [0.717, 1.165) is 50.8 Å². The van der Waals surface area contributed by atoms with E-state index in [-0.39, 0.29) is 11.2 Å². The number of aromatic nitrogens is 1. The number of phenols is 1. The molecule has 3 nitrogen and oxygen atoms in total. The third kappa shape index (κ3) is 4.39. The number of aromatic hydroxyl groups is 1. The van der Waals surface area contributed by atoms with Crippen molar-refractivity contribution in [3.8, 4) is 17.0 Å². The number of nitrogens with zero attached hydrogens (tertiary/aromatic N) is 1. The average molecular weight is 472 g/mol. The zero-order valence-corrected chi connectivity index (χ0v) is 21.7. The van der Waals surface area contributed by atoms with E-state index in [1.807, 2.05) is 24.5 Å². The first-order chi connectivity index (χ1) is 16.2. The molecule has 2 aromatic heterocycles. The van der Waals surface area contributed by atoms with E-state index >= 15 is 0 Å². The fourth-order valence-corrected chi connectivity index (χ4v) is 5.42. The van der Waals surface area contributed by atoms with Gasteiger partial charge < -0.3 is 9.52 Å². The van der Waals surface area contributed by atoms with E-state index in [4.69, 9.17) is 9.40 Å². The number of benzene rings is 2. The summed E-state index contributed by atoms with van der Waals surface area (Å²) >= 11 is 1.64. The molecule has 0 unspecified atom stereocenters. The molecule has 34 heavy (non-hydrogen) atoms. The van der Waals surface area contributed by atoms with Crippen LogP contribution in [0.1, 0.15) is 59.1 Å². The molecule has 0 bridgehead atoms. The first kappa shape index (κ1) is 24.2. The highest BCUT2D eigenvalue weighted by Crippen LogP contribution is 2.44. The van der Waals surface area contributed by atoms with E-state index in [0.29, 0.717) is 5.92 Å². The number of pyridine rings is 1. The topological polar surface area (TPSA) is 46.3 Å². The molecule has 0 atom stereocenters. The Balaban J connectivity index is 2.07. The molecule has 1 N–H and O–H groups in total. The zero-order valence-electron chi connectivity index (χ0n) is 20.9. The van der Waals surface area contributed by atoms with Gasteiger partial charge in [-0.2, -0.15) is 0 Å². The zero-order chi connectivity index (χ0) is 24.6. The monoisotopic (exact) mass is 471 g/mol.